The van der Waals surface area contributed by atoms with Gasteiger partial charge in [0.05, 0.1) is 6.26 Å². The predicted octanol–water partition coefficient (Wildman–Crippen LogP) is 5.73. The molecular formula is C24H20O3. The van der Waals surface area contributed by atoms with Gasteiger partial charge in [-0.2, -0.15) is 0 Å². The van der Waals surface area contributed by atoms with E-state index < -0.39 is 5.97 Å². The molecule has 3 aromatic carbocycles. The molecular weight excluding hydrogens is 336 g/mol. The Bertz CT molecular complexity index is 1200. The quantitative estimate of drug-likeness (QED) is 0.467. The summed E-state index contributed by atoms with van der Waals surface area (Å²) in [6.07, 6.45) is 4.16. The van der Waals surface area contributed by atoms with E-state index in [1.807, 2.05) is 6.07 Å². The van der Waals surface area contributed by atoms with Gasteiger partial charge in [0.25, 0.3) is 0 Å². The Kier molecular flexibility index (Phi) is 3.41. The Morgan fingerprint density at radius 2 is 1.81 bits per heavy atom. The van der Waals surface area contributed by atoms with Crippen molar-refractivity contribution < 1.29 is 14.3 Å². The minimum Gasteiger partial charge on any atom is -0.475 e. The van der Waals surface area contributed by atoms with E-state index in [2.05, 4.69) is 55.5 Å². The second-order valence-corrected chi connectivity index (χ2v) is 7.79. The molecule has 1 aliphatic carbocycles. The standard InChI is InChI=1S/C24H20O3/c1-24(21-11-13-27-22(21)23(25)26)12-10-18-16(14-24)7-9-19-17-5-3-2-4-15(17)6-8-20(18)19/h2-9,11,13H,10,12,14H2,1H3,(H,25,26). The van der Waals surface area contributed by atoms with E-state index >= 15 is 0 Å². The number of carboxylic acid groups (broad SMARTS) is 1. The third kappa shape index (κ3) is 2.38. The van der Waals surface area contributed by atoms with Crippen LogP contribution in [-0.2, 0) is 18.3 Å². The van der Waals surface area contributed by atoms with Gasteiger partial charge in [-0.1, -0.05) is 55.5 Å². The van der Waals surface area contributed by atoms with Crippen LogP contribution in [0.2, 0.25) is 0 Å². The molecule has 0 radical (unpaired) electrons. The molecule has 134 valence electrons. The predicted molar refractivity (Wildman–Crippen MR) is 106 cm³/mol. The van der Waals surface area contributed by atoms with Crippen molar-refractivity contribution in [2.24, 2.45) is 0 Å². The fourth-order valence-corrected chi connectivity index (χ4v) is 4.75. The molecule has 3 heteroatoms. The van der Waals surface area contributed by atoms with E-state index in [1.54, 1.807) is 0 Å². The molecule has 5 rings (SSSR count). The second kappa shape index (κ2) is 5.71. The molecule has 0 fully saturated rings. The highest BCUT2D eigenvalue weighted by Crippen LogP contribution is 2.42. The van der Waals surface area contributed by atoms with Gasteiger partial charge in [0, 0.05) is 11.0 Å². The van der Waals surface area contributed by atoms with Crippen LogP contribution in [0.25, 0.3) is 21.5 Å². The molecule has 27 heavy (non-hydrogen) atoms. The van der Waals surface area contributed by atoms with Crippen LogP contribution in [0.15, 0.2) is 65.3 Å². The lowest BCUT2D eigenvalue weighted by Crippen LogP contribution is -2.31. The molecule has 0 saturated carbocycles. The number of benzene rings is 3. The van der Waals surface area contributed by atoms with Crippen LogP contribution in [-0.4, -0.2) is 11.1 Å². The maximum Gasteiger partial charge on any atom is 0.372 e. The summed E-state index contributed by atoms with van der Waals surface area (Å²) in [6.45, 7) is 2.15. The lowest BCUT2D eigenvalue weighted by molar-refractivity contribution is 0.0657. The van der Waals surface area contributed by atoms with Gasteiger partial charge in [-0.25, -0.2) is 4.79 Å². The minimum atomic E-state index is -0.994. The van der Waals surface area contributed by atoms with Crippen molar-refractivity contribution in [3.63, 3.8) is 0 Å². The summed E-state index contributed by atoms with van der Waals surface area (Å²) in [6, 6.07) is 19.2. The summed E-state index contributed by atoms with van der Waals surface area (Å²) in [5.74, 6) is -0.917. The van der Waals surface area contributed by atoms with Crippen molar-refractivity contribution in [2.75, 3.05) is 0 Å². The van der Waals surface area contributed by atoms with Crippen molar-refractivity contribution in [3.8, 4) is 0 Å². The van der Waals surface area contributed by atoms with Crippen LogP contribution < -0.4 is 0 Å². The Hall–Kier alpha value is -3.07. The fraction of sp³-hybridized carbons (Fsp3) is 0.208. The Balaban J connectivity index is 1.64. The third-order valence-corrected chi connectivity index (χ3v) is 6.15. The van der Waals surface area contributed by atoms with E-state index in [-0.39, 0.29) is 11.2 Å². The van der Waals surface area contributed by atoms with Gasteiger partial charge in [0.15, 0.2) is 0 Å². The number of rotatable bonds is 2. The van der Waals surface area contributed by atoms with Crippen molar-refractivity contribution in [2.45, 2.75) is 31.6 Å². The largest absolute Gasteiger partial charge is 0.475 e. The van der Waals surface area contributed by atoms with Crippen LogP contribution in [0.5, 0.6) is 0 Å². The third-order valence-electron chi connectivity index (χ3n) is 6.15. The Morgan fingerprint density at radius 3 is 2.67 bits per heavy atom. The lowest BCUT2D eigenvalue weighted by Gasteiger charge is -2.35. The number of carbonyl (C=O) groups is 1. The second-order valence-electron chi connectivity index (χ2n) is 7.79. The summed E-state index contributed by atoms with van der Waals surface area (Å²) >= 11 is 0. The summed E-state index contributed by atoms with van der Waals surface area (Å²) in [5, 5.41) is 14.6. The molecule has 0 spiro atoms. The molecule has 1 aromatic heterocycles. The van der Waals surface area contributed by atoms with Crippen LogP contribution in [0, 0.1) is 0 Å². The first-order chi connectivity index (χ1) is 13.1. The minimum absolute atomic E-state index is 0.0766. The van der Waals surface area contributed by atoms with E-state index in [9.17, 15) is 9.90 Å². The van der Waals surface area contributed by atoms with Gasteiger partial charge in [0.2, 0.25) is 5.76 Å². The normalized spacial score (nSPS) is 19.3. The maximum absolute atomic E-state index is 11.5. The summed E-state index contributed by atoms with van der Waals surface area (Å²) in [5.41, 5.74) is 3.29. The molecule has 0 aliphatic heterocycles. The average molecular weight is 356 g/mol. The van der Waals surface area contributed by atoms with E-state index in [0.717, 1.165) is 24.8 Å². The number of furan rings is 1. The number of aryl methyl sites for hydroxylation is 1. The number of aromatic carboxylic acids is 1. The topological polar surface area (TPSA) is 50.4 Å². The van der Waals surface area contributed by atoms with Crippen molar-refractivity contribution in [3.05, 3.63) is 83.3 Å². The van der Waals surface area contributed by atoms with E-state index in [0.29, 0.717) is 0 Å². The zero-order valence-electron chi connectivity index (χ0n) is 15.2. The Labute approximate surface area is 157 Å². The summed E-state index contributed by atoms with van der Waals surface area (Å²) in [7, 11) is 0. The maximum atomic E-state index is 11.5. The molecule has 3 nitrogen and oxygen atoms in total. The van der Waals surface area contributed by atoms with Crippen molar-refractivity contribution >= 4 is 27.5 Å². The van der Waals surface area contributed by atoms with Gasteiger partial charge in [-0.05, 0) is 58.0 Å². The van der Waals surface area contributed by atoms with Gasteiger partial charge >= 0.3 is 5.97 Å². The SMILES string of the molecule is CC1(c2ccoc2C(=O)O)CCc2c(ccc3c2ccc2ccccc23)C1. The number of hydrogen-bond acceptors (Lipinski definition) is 2. The zero-order chi connectivity index (χ0) is 18.6. The first-order valence-corrected chi connectivity index (χ1v) is 9.30. The van der Waals surface area contributed by atoms with Crippen LogP contribution in [0.3, 0.4) is 0 Å². The fourth-order valence-electron chi connectivity index (χ4n) is 4.75. The van der Waals surface area contributed by atoms with Gasteiger partial charge in [-0.15, -0.1) is 0 Å². The van der Waals surface area contributed by atoms with Crippen LogP contribution >= 0.6 is 0 Å². The Morgan fingerprint density at radius 1 is 1.00 bits per heavy atom. The molecule has 0 amide bonds. The van der Waals surface area contributed by atoms with E-state index in [1.165, 1.54) is 38.9 Å². The highest BCUT2D eigenvalue weighted by Gasteiger charge is 2.36. The van der Waals surface area contributed by atoms with Crippen LogP contribution in [0.1, 0.15) is 40.6 Å². The number of carboxylic acids is 1. The first-order valence-electron chi connectivity index (χ1n) is 9.30. The van der Waals surface area contributed by atoms with E-state index in [4.69, 9.17) is 4.42 Å². The molecule has 1 heterocycles. The molecule has 1 unspecified atom stereocenters. The first kappa shape index (κ1) is 16.1. The summed E-state index contributed by atoms with van der Waals surface area (Å²) < 4.78 is 5.25. The van der Waals surface area contributed by atoms with Crippen molar-refractivity contribution in [1.82, 2.24) is 0 Å². The van der Waals surface area contributed by atoms with Gasteiger partial charge < -0.3 is 9.52 Å². The molecule has 1 aliphatic rings. The average Bonchev–Trinajstić information content (AvgIpc) is 3.18. The molecule has 0 saturated heterocycles. The molecule has 1 N–H and O–H groups in total. The van der Waals surface area contributed by atoms with Gasteiger partial charge in [0.1, 0.15) is 0 Å². The number of fused-ring (bicyclic) bond motifs is 5. The van der Waals surface area contributed by atoms with Gasteiger partial charge in [-0.3, -0.25) is 0 Å². The van der Waals surface area contributed by atoms with Crippen molar-refractivity contribution in [1.29, 1.82) is 0 Å². The van der Waals surface area contributed by atoms with Crippen LogP contribution in [0.4, 0.5) is 0 Å². The molecule has 0 bridgehead atoms. The highest BCUT2D eigenvalue weighted by molar-refractivity contribution is 6.08. The zero-order valence-corrected chi connectivity index (χ0v) is 15.2. The smallest absolute Gasteiger partial charge is 0.372 e. The molecule has 1 atom stereocenters. The monoisotopic (exact) mass is 356 g/mol. The lowest BCUT2D eigenvalue weighted by atomic mass is 9.68. The highest BCUT2D eigenvalue weighted by atomic mass is 16.4. The number of hydrogen-bond donors (Lipinski definition) is 1. The molecule has 4 aromatic rings. The summed E-state index contributed by atoms with van der Waals surface area (Å²) in [4.78, 5) is 11.5.